The molecule has 4 aromatic rings. The third kappa shape index (κ3) is 3.62. The van der Waals surface area contributed by atoms with Crippen molar-refractivity contribution in [3.63, 3.8) is 0 Å². The Morgan fingerprint density at radius 2 is 1.84 bits per heavy atom. The van der Waals surface area contributed by atoms with Gasteiger partial charge in [-0.15, -0.1) is 11.3 Å². The van der Waals surface area contributed by atoms with Gasteiger partial charge in [-0.3, -0.25) is 23.7 Å². The molecule has 0 unspecified atom stereocenters. The predicted molar refractivity (Wildman–Crippen MR) is 129 cm³/mol. The average Bonchev–Trinajstić information content (AvgIpc) is 3.22. The number of thioether (sulfide) groups is 1. The van der Waals surface area contributed by atoms with Crippen molar-refractivity contribution in [3.8, 4) is 0 Å². The lowest BCUT2D eigenvalue weighted by Gasteiger charge is -2.10. The highest BCUT2D eigenvalue weighted by Crippen LogP contribution is 2.29. The first-order valence-corrected chi connectivity index (χ1v) is 12.4. The molecular formula is C21H26N6O3S2. The third-order valence-electron chi connectivity index (χ3n) is 5.74. The van der Waals surface area contributed by atoms with Crippen LogP contribution in [-0.4, -0.2) is 28.7 Å². The molecule has 4 rings (SSSR count). The Morgan fingerprint density at radius 1 is 1.09 bits per heavy atom. The first-order valence-electron chi connectivity index (χ1n) is 10.6. The van der Waals surface area contributed by atoms with E-state index in [0.29, 0.717) is 46.4 Å². The smallest absolute Gasteiger partial charge is 0.325 e. The molecule has 0 aliphatic carbocycles. The average molecular weight is 475 g/mol. The molecule has 0 aromatic carbocycles. The monoisotopic (exact) mass is 474 g/mol. The van der Waals surface area contributed by atoms with Gasteiger partial charge in [0.1, 0.15) is 10.7 Å². The van der Waals surface area contributed by atoms with Crippen LogP contribution in [0.5, 0.6) is 0 Å². The standard InChI is InChI=1S/C21H26N6O3S2/c1-6-8-9-27-16-15(17(28)23-20(27)30)25(5)13(22-16)10-31-21-24-18-14(11(3)12(4)32-18)19(29)26(21)7-2/h6-10H2,1-5H3,(H,23,28,30). The second-order valence-corrected chi connectivity index (χ2v) is 9.87. The van der Waals surface area contributed by atoms with Gasteiger partial charge in [0, 0.05) is 25.0 Å². The van der Waals surface area contributed by atoms with E-state index < -0.39 is 11.2 Å². The van der Waals surface area contributed by atoms with Crippen molar-refractivity contribution in [2.75, 3.05) is 0 Å². The lowest BCUT2D eigenvalue weighted by atomic mass is 10.2. The Morgan fingerprint density at radius 3 is 2.53 bits per heavy atom. The molecule has 4 heterocycles. The van der Waals surface area contributed by atoms with E-state index in [9.17, 15) is 14.4 Å². The van der Waals surface area contributed by atoms with Gasteiger partial charge in [-0.2, -0.15) is 0 Å². The van der Waals surface area contributed by atoms with Crippen molar-refractivity contribution < 1.29 is 0 Å². The van der Waals surface area contributed by atoms with Crippen LogP contribution in [0.4, 0.5) is 0 Å². The van der Waals surface area contributed by atoms with Gasteiger partial charge in [0.15, 0.2) is 16.3 Å². The molecule has 0 aliphatic heterocycles. The number of aromatic nitrogens is 6. The summed E-state index contributed by atoms with van der Waals surface area (Å²) in [6.45, 7) is 8.93. The fourth-order valence-electron chi connectivity index (χ4n) is 3.77. The molecule has 9 nitrogen and oxygen atoms in total. The first kappa shape index (κ1) is 22.5. The molecule has 0 saturated carbocycles. The molecule has 0 amide bonds. The fourth-order valence-corrected chi connectivity index (χ4v) is 5.89. The molecule has 0 saturated heterocycles. The van der Waals surface area contributed by atoms with E-state index in [1.807, 2.05) is 27.7 Å². The molecule has 0 aliphatic rings. The van der Waals surface area contributed by atoms with E-state index >= 15 is 0 Å². The van der Waals surface area contributed by atoms with E-state index in [2.05, 4.69) is 9.97 Å². The van der Waals surface area contributed by atoms with Crippen LogP contribution in [-0.2, 0) is 25.9 Å². The van der Waals surface area contributed by atoms with Crippen LogP contribution in [0.2, 0.25) is 0 Å². The summed E-state index contributed by atoms with van der Waals surface area (Å²) in [5.74, 6) is 1.05. The molecule has 0 spiro atoms. The molecule has 11 heteroatoms. The van der Waals surface area contributed by atoms with Gasteiger partial charge in [0.25, 0.3) is 11.1 Å². The number of fused-ring (bicyclic) bond motifs is 2. The van der Waals surface area contributed by atoms with E-state index in [1.54, 1.807) is 16.2 Å². The number of aryl methyl sites for hydroxylation is 4. The van der Waals surface area contributed by atoms with Crippen molar-refractivity contribution in [2.24, 2.45) is 7.05 Å². The highest BCUT2D eigenvalue weighted by molar-refractivity contribution is 7.98. The lowest BCUT2D eigenvalue weighted by Crippen LogP contribution is -2.31. The number of hydrogen-bond acceptors (Lipinski definition) is 7. The van der Waals surface area contributed by atoms with Crippen molar-refractivity contribution in [3.05, 3.63) is 47.5 Å². The normalized spacial score (nSPS) is 11.8. The largest absolute Gasteiger partial charge is 0.330 e. The maximum absolute atomic E-state index is 13.1. The summed E-state index contributed by atoms with van der Waals surface area (Å²) in [6, 6.07) is 0. The minimum Gasteiger partial charge on any atom is -0.325 e. The van der Waals surface area contributed by atoms with Gasteiger partial charge in [0.2, 0.25) is 0 Å². The number of thiophene rings is 1. The van der Waals surface area contributed by atoms with Crippen LogP contribution < -0.4 is 16.8 Å². The quantitative estimate of drug-likeness (QED) is 0.326. The van der Waals surface area contributed by atoms with Gasteiger partial charge in [-0.25, -0.2) is 14.8 Å². The second-order valence-electron chi connectivity index (χ2n) is 7.72. The third-order valence-corrected chi connectivity index (χ3v) is 7.81. The Balaban J connectivity index is 1.77. The van der Waals surface area contributed by atoms with E-state index in [4.69, 9.17) is 4.98 Å². The Kier molecular flexibility index (Phi) is 6.13. The zero-order valence-corrected chi connectivity index (χ0v) is 20.4. The topological polar surface area (TPSA) is 108 Å². The SMILES string of the molecule is CCCCn1c(=O)[nH]c(=O)c2c1nc(CSc1nc3sc(C)c(C)c3c(=O)n1CC)n2C. The molecule has 0 radical (unpaired) electrons. The number of nitrogens with one attached hydrogen (secondary N) is 1. The van der Waals surface area contributed by atoms with Crippen molar-refractivity contribution >= 4 is 44.5 Å². The lowest BCUT2D eigenvalue weighted by molar-refractivity contribution is 0.613. The number of imidazole rings is 1. The highest BCUT2D eigenvalue weighted by atomic mass is 32.2. The van der Waals surface area contributed by atoms with Crippen LogP contribution in [0.25, 0.3) is 21.4 Å². The molecule has 0 atom stereocenters. The highest BCUT2D eigenvalue weighted by Gasteiger charge is 2.19. The number of hydrogen-bond donors (Lipinski definition) is 1. The van der Waals surface area contributed by atoms with Gasteiger partial charge in [-0.1, -0.05) is 25.1 Å². The van der Waals surface area contributed by atoms with Gasteiger partial charge in [-0.05, 0) is 32.8 Å². The van der Waals surface area contributed by atoms with Crippen LogP contribution in [0, 0.1) is 13.8 Å². The van der Waals surface area contributed by atoms with Crippen molar-refractivity contribution in [2.45, 2.75) is 64.5 Å². The summed E-state index contributed by atoms with van der Waals surface area (Å²) in [4.78, 5) is 51.5. The predicted octanol–water partition coefficient (Wildman–Crippen LogP) is 2.92. The molecule has 170 valence electrons. The summed E-state index contributed by atoms with van der Waals surface area (Å²) in [6.07, 6.45) is 1.74. The first-order chi connectivity index (χ1) is 15.3. The Labute approximate surface area is 192 Å². The minimum absolute atomic E-state index is 0.0308. The summed E-state index contributed by atoms with van der Waals surface area (Å²) in [7, 11) is 1.77. The fraction of sp³-hybridized carbons (Fsp3) is 0.476. The summed E-state index contributed by atoms with van der Waals surface area (Å²) < 4.78 is 4.92. The Hall–Kier alpha value is -2.66. The van der Waals surface area contributed by atoms with Crippen LogP contribution in [0.15, 0.2) is 19.5 Å². The minimum atomic E-state index is -0.446. The molecule has 32 heavy (non-hydrogen) atoms. The van der Waals surface area contributed by atoms with Crippen LogP contribution in [0.3, 0.4) is 0 Å². The maximum Gasteiger partial charge on any atom is 0.330 e. The number of unbranched alkanes of at least 4 members (excludes halogenated alkanes) is 1. The summed E-state index contributed by atoms with van der Waals surface area (Å²) >= 11 is 2.93. The van der Waals surface area contributed by atoms with Crippen molar-refractivity contribution in [1.29, 1.82) is 0 Å². The Bertz CT molecular complexity index is 1500. The zero-order chi connectivity index (χ0) is 23.2. The van der Waals surface area contributed by atoms with Crippen molar-refractivity contribution in [1.82, 2.24) is 28.7 Å². The molecule has 0 fully saturated rings. The molecule has 0 bridgehead atoms. The molecular weight excluding hydrogens is 448 g/mol. The van der Waals surface area contributed by atoms with E-state index in [0.717, 1.165) is 28.1 Å². The maximum atomic E-state index is 13.1. The van der Waals surface area contributed by atoms with Gasteiger partial charge < -0.3 is 4.57 Å². The number of H-pyrrole nitrogens is 1. The number of rotatable bonds is 7. The number of nitrogens with zero attached hydrogens (tertiary/aromatic N) is 5. The van der Waals surface area contributed by atoms with Gasteiger partial charge in [0.05, 0.1) is 11.1 Å². The molecule has 1 N–H and O–H groups in total. The summed E-state index contributed by atoms with van der Waals surface area (Å²) in [5.41, 5.74) is 0.836. The van der Waals surface area contributed by atoms with Crippen LogP contribution >= 0.6 is 23.1 Å². The van der Waals surface area contributed by atoms with E-state index in [-0.39, 0.29) is 5.56 Å². The number of aromatic amines is 1. The second kappa shape index (κ2) is 8.70. The van der Waals surface area contributed by atoms with E-state index in [1.165, 1.54) is 27.7 Å². The van der Waals surface area contributed by atoms with Gasteiger partial charge >= 0.3 is 5.69 Å². The molecule has 4 aromatic heterocycles. The van der Waals surface area contributed by atoms with Crippen LogP contribution in [0.1, 0.15) is 43.0 Å². The zero-order valence-electron chi connectivity index (χ0n) is 18.8. The summed E-state index contributed by atoms with van der Waals surface area (Å²) in [5, 5.41) is 1.31.